The Morgan fingerprint density at radius 3 is 1.79 bits per heavy atom. The lowest BCUT2D eigenvalue weighted by atomic mass is 10.0. The summed E-state index contributed by atoms with van der Waals surface area (Å²) in [7, 11) is 0. The van der Waals surface area contributed by atoms with Crippen molar-refractivity contribution in [3.8, 4) is 39.5 Å². The molecule has 4 heteroatoms. The van der Waals surface area contributed by atoms with Crippen molar-refractivity contribution in [2.75, 3.05) is 0 Å². The zero-order valence-corrected chi connectivity index (χ0v) is 22.0. The topological polar surface area (TPSA) is 30.7 Å². The molecule has 0 radical (unpaired) electrons. The Balaban J connectivity index is 1.53. The van der Waals surface area contributed by atoms with E-state index in [1.165, 1.54) is 11.1 Å². The van der Waals surface area contributed by atoms with Crippen molar-refractivity contribution in [1.29, 1.82) is 0 Å². The molecule has 5 aromatic carbocycles. The number of benzene rings is 5. The average Bonchev–Trinajstić information content (AvgIpc) is 3.39. The van der Waals surface area contributed by atoms with E-state index >= 15 is 0 Å². The van der Waals surface area contributed by atoms with Gasteiger partial charge in [0.15, 0.2) is 0 Å². The number of para-hydroxylation sites is 2. The van der Waals surface area contributed by atoms with Crippen LogP contribution in [0.15, 0.2) is 138 Å². The van der Waals surface area contributed by atoms with Gasteiger partial charge >= 0.3 is 0 Å². The van der Waals surface area contributed by atoms with Crippen LogP contribution in [0.2, 0.25) is 0 Å². The van der Waals surface area contributed by atoms with Crippen molar-refractivity contribution in [2.45, 2.75) is 0 Å². The van der Waals surface area contributed by atoms with E-state index in [0.717, 1.165) is 54.7 Å². The number of fused-ring (bicyclic) bond motifs is 3. The molecule has 0 fully saturated rings. The predicted molar refractivity (Wildman–Crippen MR) is 160 cm³/mol. The molecular formula is C34H22BrN3. The van der Waals surface area contributed by atoms with E-state index in [4.69, 9.17) is 9.97 Å². The van der Waals surface area contributed by atoms with E-state index in [2.05, 4.69) is 136 Å². The van der Waals surface area contributed by atoms with Crippen LogP contribution in [0.25, 0.3) is 61.4 Å². The number of imidazole rings is 1. The number of halogens is 1. The first-order valence-corrected chi connectivity index (χ1v) is 13.3. The summed E-state index contributed by atoms with van der Waals surface area (Å²) in [6, 6.07) is 46.1. The zero-order valence-electron chi connectivity index (χ0n) is 20.4. The van der Waals surface area contributed by atoms with Crippen molar-refractivity contribution < 1.29 is 0 Å². The highest BCUT2D eigenvalue weighted by Crippen LogP contribution is 2.38. The molecule has 0 amide bonds. The van der Waals surface area contributed by atoms with Gasteiger partial charge in [-0.1, -0.05) is 119 Å². The van der Waals surface area contributed by atoms with Crippen molar-refractivity contribution in [2.24, 2.45) is 0 Å². The standard InChI is InChI=1S/C34H22BrN3/c35-27-21-19-24(20-22-27)23-15-17-26(18-16-23)34-37-32-29-13-7-8-14-30(29)36-31(25-9-3-1-4-10-25)33(32)38(34)28-11-5-2-6-12-28/h1-22H. The molecular weight excluding hydrogens is 530 g/mol. The Labute approximate surface area is 229 Å². The zero-order chi connectivity index (χ0) is 25.5. The summed E-state index contributed by atoms with van der Waals surface area (Å²) in [4.78, 5) is 10.5. The lowest BCUT2D eigenvalue weighted by Crippen LogP contribution is -1.99. The van der Waals surface area contributed by atoms with Crippen molar-refractivity contribution in [3.05, 3.63) is 138 Å². The molecule has 0 saturated heterocycles. The van der Waals surface area contributed by atoms with Gasteiger partial charge in [-0.3, -0.25) is 4.57 Å². The van der Waals surface area contributed by atoms with Crippen LogP contribution in [-0.4, -0.2) is 14.5 Å². The SMILES string of the molecule is Brc1ccc(-c2ccc(-c3nc4c5ccccc5nc(-c5ccccc5)c4n3-c3ccccc3)cc2)cc1. The van der Waals surface area contributed by atoms with Crippen LogP contribution in [-0.2, 0) is 0 Å². The van der Waals surface area contributed by atoms with Crippen LogP contribution in [0.3, 0.4) is 0 Å². The molecule has 180 valence electrons. The number of rotatable bonds is 4. The fourth-order valence-electron chi connectivity index (χ4n) is 5.04. The maximum Gasteiger partial charge on any atom is 0.145 e. The number of hydrogen-bond donors (Lipinski definition) is 0. The predicted octanol–water partition coefficient (Wildman–Crippen LogP) is 9.34. The Kier molecular flexibility index (Phi) is 5.60. The highest BCUT2D eigenvalue weighted by Gasteiger charge is 2.21. The van der Waals surface area contributed by atoms with E-state index in [9.17, 15) is 0 Å². The van der Waals surface area contributed by atoms with Crippen LogP contribution in [0, 0.1) is 0 Å². The average molecular weight is 552 g/mol. The summed E-state index contributed by atoms with van der Waals surface area (Å²) in [5, 5.41) is 1.05. The summed E-state index contributed by atoms with van der Waals surface area (Å²) >= 11 is 3.53. The van der Waals surface area contributed by atoms with Gasteiger partial charge in [0.25, 0.3) is 0 Å². The number of nitrogens with zero attached hydrogens (tertiary/aromatic N) is 3. The molecule has 7 aromatic rings. The lowest BCUT2D eigenvalue weighted by Gasteiger charge is -2.13. The molecule has 7 rings (SSSR count). The second kappa shape index (κ2) is 9.40. The molecule has 0 aliphatic carbocycles. The van der Waals surface area contributed by atoms with Crippen LogP contribution >= 0.6 is 15.9 Å². The number of hydrogen-bond acceptors (Lipinski definition) is 2. The quantitative estimate of drug-likeness (QED) is 0.218. The van der Waals surface area contributed by atoms with Crippen molar-refractivity contribution in [1.82, 2.24) is 14.5 Å². The van der Waals surface area contributed by atoms with Gasteiger partial charge in [0.1, 0.15) is 16.9 Å². The number of aromatic nitrogens is 3. The maximum absolute atomic E-state index is 5.30. The normalized spacial score (nSPS) is 11.3. The summed E-state index contributed by atoms with van der Waals surface area (Å²) in [5.74, 6) is 0.892. The number of pyridine rings is 1. The Hall–Kier alpha value is -4.54. The summed E-state index contributed by atoms with van der Waals surface area (Å²) in [5.41, 5.74) is 9.33. The van der Waals surface area contributed by atoms with Gasteiger partial charge in [0.05, 0.1) is 11.2 Å². The fourth-order valence-corrected chi connectivity index (χ4v) is 5.31. The Morgan fingerprint density at radius 1 is 0.500 bits per heavy atom. The molecule has 0 unspecified atom stereocenters. The molecule has 2 heterocycles. The molecule has 0 aliphatic heterocycles. The third-order valence-electron chi connectivity index (χ3n) is 6.88. The van der Waals surface area contributed by atoms with Crippen LogP contribution < -0.4 is 0 Å². The Bertz CT molecular complexity index is 1890. The smallest absolute Gasteiger partial charge is 0.145 e. The van der Waals surface area contributed by atoms with Crippen LogP contribution in [0.1, 0.15) is 0 Å². The molecule has 2 aromatic heterocycles. The van der Waals surface area contributed by atoms with Gasteiger partial charge in [-0.25, -0.2) is 9.97 Å². The monoisotopic (exact) mass is 551 g/mol. The van der Waals surface area contributed by atoms with Gasteiger partial charge in [0.2, 0.25) is 0 Å². The van der Waals surface area contributed by atoms with Gasteiger partial charge in [-0.15, -0.1) is 0 Å². The van der Waals surface area contributed by atoms with Gasteiger partial charge in [-0.2, -0.15) is 0 Å². The highest BCUT2D eigenvalue weighted by atomic mass is 79.9. The minimum atomic E-state index is 0.892. The largest absolute Gasteiger partial charge is 0.290 e. The third-order valence-corrected chi connectivity index (χ3v) is 7.40. The summed E-state index contributed by atoms with van der Waals surface area (Å²) in [6.07, 6.45) is 0. The molecule has 38 heavy (non-hydrogen) atoms. The first-order valence-electron chi connectivity index (χ1n) is 12.5. The fraction of sp³-hybridized carbons (Fsp3) is 0. The summed E-state index contributed by atoms with van der Waals surface area (Å²) in [6.45, 7) is 0. The summed E-state index contributed by atoms with van der Waals surface area (Å²) < 4.78 is 3.33. The third kappa shape index (κ3) is 3.90. The van der Waals surface area contributed by atoms with E-state index in [1.54, 1.807) is 0 Å². The molecule has 0 aliphatic rings. The first-order chi connectivity index (χ1) is 18.8. The maximum atomic E-state index is 5.30. The minimum Gasteiger partial charge on any atom is -0.290 e. The highest BCUT2D eigenvalue weighted by molar-refractivity contribution is 9.10. The van der Waals surface area contributed by atoms with Gasteiger partial charge in [0, 0.05) is 26.7 Å². The van der Waals surface area contributed by atoms with Crippen LogP contribution in [0.4, 0.5) is 0 Å². The molecule has 0 saturated carbocycles. The molecule has 0 N–H and O–H groups in total. The van der Waals surface area contributed by atoms with Crippen molar-refractivity contribution >= 4 is 37.9 Å². The van der Waals surface area contributed by atoms with Crippen molar-refractivity contribution in [3.63, 3.8) is 0 Å². The van der Waals surface area contributed by atoms with Gasteiger partial charge < -0.3 is 0 Å². The minimum absolute atomic E-state index is 0.892. The molecule has 3 nitrogen and oxygen atoms in total. The second-order valence-corrected chi connectivity index (χ2v) is 10.1. The van der Waals surface area contributed by atoms with E-state index in [1.807, 2.05) is 18.2 Å². The van der Waals surface area contributed by atoms with Gasteiger partial charge in [-0.05, 0) is 41.5 Å². The molecule has 0 bridgehead atoms. The molecule has 0 spiro atoms. The van der Waals surface area contributed by atoms with E-state index in [0.29, 0.717) is 0 Å². The lowest BCUT2D eigenvalue weighted by molar-refractivity contribution is 1.10. The second-order valence-electron chi connectivity index (χ2n) is 9.23. The van der Waals surface area contributed by atoms with E-state index < -0.39 is 0 Å². The van der Waals surface area contributed by atoms with Crippen LogP contribution in [0.5, 0.6) is 0 Å². The van der Waals surface area contributed by atoms with E-state index in [-0.39, 0.29) is 0 Å². The first kappa shape index (κ1) is 22.6. The molecule has 0 atom stereocenters. The Morgan fingerprint density at radius 2 is 1.08 bits per heavy atom.